The highest BCUT2D eigenvalue weighted by Gasteiger charge is 2.31. The number of nitrogens with zero attached hydrogens (tertiary/aromatic N) is 3. The molecule has 1 fully saturated rings. The first kappa shape index (κ1) is 23.4. The van der Waals surface area contributed by atoms with E-state index >= 15 is 0 Å². The molecule has 1 saturated heterocycles. The van der Waals surface area contributed by atoms with Gasteiger partial charge < -0.3 is 9.30 Å². The normalized spacial score (nSPS) is 15.3. The first-order valence-electron chi connectivity index (χ1n) is 10.9. The van der Waals surface area contributed by atoms with Gasteiger partial charge in [-0.3, -0.25) is 4.90 Å². The topological polar surface area (TPSA) is 64.4 Å². The Morgan fingerprint density at radius 1 is 1.03 bits per heavy atom. The number of hydrogen-bond acceptors (Lipinski definition) is 5. The highest BCUT2D eigenvalue weighted by Crippen LogP contribution is 2.30. The number of hydrogen-bond donors (Lipinski definition) is 0. The van der Waals surface area contributed by atoms with Crippen LogP contribution in [0.5, 0.6) is 5.75 Å². The number of alkyl halides is 3. The molecule has 0 bridgehead atoms. The zero-order chi connectivity index (χ0) is 24.8. The summed E-state index contributed by atoms with van der Waals surface area (Å²) >= 11 is 0. The third-order valence-corrected chi connectivity index (χ3v) is 7.08. The maximum absolute atomic E-state index is 12.7. The summed E-state index contributed by atoms with van der Waals surface area (Å²) in [6, 6.07) is 15.7. The van der Waals surface area contributed by atoms with Crippen molar-refractivity contribution in [2.45, 2.75) is 23.7 Å². The number of pyridine rings is 1. The van der Waals surface area contributed by atoms with E-state index in [2.05, 4.69) is 9.88 Å². The number of ether oxygens (including phenoxy) is 1. The third kappa shape index (κ3) is 5.03. The lowest BCUT2D eigenvalue weighted by molar-refractivity contribution is -0.137. The van der Waals surface area contributed by atoms with Gasteiger partial charge in [-0.25, -0.2) is 13.4 Å². The SMILES string of the molecule is CS(=O)(=O)c1ccc2c(ccn2-c2ccc(OC3CN(Cc4ccc(C(F)(F)F)cc4)C3)cn2)c1. The Hall–Kier alpha value is -3.37. The van der Waals surface area contributed by atoms with Gasteiger partial charge in [0.25, 0.3) is 0 Å². The Bertz CT molecular complexity index is 1460. The molecule has 5 rings (SSSR count). The van der Waals surface area contributed by atoms with Crippen LogP contribution < -0.4 is 4.74 Å². The van der Waals surface area contributed by atoms with Gasteiger partial charge in [-0.05, 0) is 54.1 Å². The number of fused-ring (bicyclic) bond motifs is 1. The number of likely N-dealkylation sites (tertiary alicyclic amines) is 1. The van der Waals surface area contributed by atoms with Crippen molar-refractivity contribution in [3.05, 3.63) is 84.2 Å². The van der Waals surface area contributed by atoms with Gasteiger partial charge in [-0.15, -0.1) is 0 Å². The molecule has 182 valence electrons. The van der Waals surface area contributed by atoms with Crippen LogP contribution in [0.3, 0.4) is 0 Å². The fourth-order valence-corrected chi connectivity index (χ4v) is 4.77. The Morgan fingerprint density at radius 3 is 2.40 bits per heavy atom. The largest absolute Gasteiger partial charge is 0.486 e. The summed E-state index contributed by atoms with van der Waals surface area (Å²) in [6.45, 7) is 1.91. The van der Waals surface area contributed by atoms with Crippen molar-refractivity contribution in [3.63, 3.8) is 0 Å². The summed E-state index contributed by atoms with van der Waals surface area (Å²) in [5.74, 6) is 1.31. The summed E-state index contributed by atoms with van der Waals surface area (Å²) in [4.78, 5) is 6.86. The van der Waals surface area contributed by atoms with Crippen molar-refractivity contribution in [3.8, 4) is 11.6 Å². The monoisotopic (exact) mass is 501 g/mol. The first-order chi connectivity index (χ1) is 16.6. The summed E-state index contributed by atoms with van der Waals surface area (Å²) in [7, 11) is -3.28. The van der Waals surface area contributed by atoms with Gasteiger partial charge in [-0.1, -0.05) is 12.1 Å². The first-order valence-corrected chi connectivity index (χ1v) is 12.8. The molecule has 0 aliphatic carbocycles. The fourth-order valence-electron chi connectivity index (χ4n) is 4.11. The molecule has 0 spiro atoms. The predicted molar refractivity (Wildman–Crippen MR) is 125 cm³/mol. The smallest absolute Gasteiger partial charge is 0.416 e. The van der Waals surface area contributed by atoms with E-state index in [-0.39, 0.29) is 11.0 Å². The molecule has 0 saturated carbocycles. The van der Waals surface area contributed by atoms with E-state index in [1.54, 1.807) is 24.4 Å². The standard InChI is InChI=1S/C25H22F3N3O3S/c1-35(32,33)22-7-8-23-18(12-22)10-11-31(23)24-9-6-20(13-29-24)34-21-15-30(16-21)14-17-2-4-19(5-3-17)25(26,27)28/h2-13,21H,14-16H2,1H3. The van der Waals surface area contributed by atoms with Gasteiger partial charge in [-0.2, -0.15) is 13.2 Å². The second-order valence-electron chi connectivity index (χ2n) is 8.66. The molecule has 0 atom stereocenters. The number of rotatable bonds is 6. The van der Waals surface area contributed by atoms with Crippen LogP contribution in [-0.4, -0.2) is 48.3 Å². The highest BCUT2D eigenvalue weighted by molar-refractivity contribution is 7.90. The quantitative estimate of drug-likeness (QED) is 0.383. The molecule has 0 N–H and O–H groups in total. The van der Waals surface area contributed by atoms with Crippen molar-refractivity contribution in [1.82, 2.24) is 14.5 Å². The molecular formula is C25H22F3N3O3S. The molecule has 0 amide bonds. The van der Waals surface area contributed by atoms with Crippen molar-refractivity contribution in [2.24, 2.45) is 0 Å². The lowest BCUT2D eigenvalue weighted by Gasteiger charge is -2.39. The zero-order valence-electron chi connectivity index (χ0n) is 18.7. The van der Waals surface area contributed by atoms with Gasteiger partial charge >= 0.3 is 6.18 Å². The van der Waals surface area contributed by atoms with E-state index in [1.807, 2.05) is 29.0 Å². The minimum Gasteiger partial charge on any atom is -0.486 e. The van der Waals surface area contributed by atoms with Crippen LogP contribution in [0.4, 0.5) is 13.2 Å². The predicted octanol–water partition coefficient (Wildman–Crippen LogP) is 4.71. The van der Waals surface area contributed by atoms with Crippen molar-refractivity contribution < 1.29 is 26.3 Å². The number of benzene rings is 2. The lowest BCUT2D eigenvalue weighted by Crippen LogP contribution is -2.53. The second kappa shape index (κ2) is 8.69. The van der Waals surface area contributed by atoms with E-state index < -0.39 is 21.6 Å². The number of sulfone groups is 1. The summed E-state index contributed by atoms with van der Waals surface area (Å²) in [6.07, 6.45) is 0.323. The van der Waals surface area contributed by atoms with Gasteiger partial charge in [0.05, 0.1) is 22.2 Å². The average Bonchev–Trinajstić information content (AvgIpc) is 3.21. The summed E-state index contributed by atoms with van der Waals surface area (Å²) in [5.41, 5.74) is 1.02. The maximum Gasteiger partial charge on any atom is 0.416 e. The molecule has 10 heteroatoms. The second-order valence-corrected chi connectivity index (χ2v) is 10.7. The van der Waals surface area contributed by atoms with Gasteiger partial charge in [0.2, 0.25) is 0 Å². The summed E-state index contributed by atoms with van der Waals surface area (Å²) < 4.78 is 69.5. The Kier molecular flexibility index (Phi) is 5.80. The fraction of sp³-hybridized carbons (Fsp3) is 0.240. The van der Waals surface area contributed by atoms with Crippen LogP contribution in [-0.2, 0) is 22.6 Å². The molecule has 1 aliphatic heterocycles. The molecule has 35 heavy (non-hydrogen) atoms. The lowest BCUT2D eigenvalue weighted by atomic mass is 10.1. The highest BCUT2D eigenvalue weighted by atomic mass is 32.2. The molecule has 6 nitrogen and oxygen atoms in total. The number of halogens is 3. The molecule has 2 aromatic heterocycles. The van der Waals surface area contributed by atoms with Crippen LogP contribution in [0.1, 0.15) is 11.1 Å². The summed E-state index contributed by atoms with van der Waals surface area (Å²) in [5, 5.41) is 0.803. The maximum atomic E-state index is 12.7. The Morgan fingerprint density at radius 2 is 1.77 bits per heavy atom. The van der Waals surface area contributed by atoms with Crippen molar-refractivity contribution >= 4 is 20.7 Å². The van der Waals surface area contributed by atoms with Crippen molar-refractivity contribution in [2.75, 3.05) is 19.3 Å². The minimum absolute atomic E-state index is 0.0149. The minimum atomic E-state index is -4.33. The molecule has 0 radical (unpaired) electrons. The Balaban J connectivity index is 1.18. The number of aromatic nitrogens is 2. The zero-order valence-corrected chi connectivity index (χ0v) is 19.6. The van der Waals surface area contributed by atoms with Crippen LogP contribution >= 0.6 is 0 Å². The van der Waals surface area contributed by atoms with Gasteiger partial charge in [0, 0.05) is 37.5 Å². The third-order valence-electron chi connectivity index (χ3n) is 5.97. The van der Waals surface area contributed by atoms with Crippen LogP contribution in [0.15, 0.2) is 78.0 Å². The Labute approximate surface area is 200 Å². The average molecular weight is 502 g/mol. The molecule has 1 aliphatic rings. The molecular weight excluding hydrogens is 479 g/mol. The van der Waals surface area contributed by atoms with E-state index in [0.29, 0.717) is 31.2 Å². The van der Waals surface area contributed by atoms with Gasteiger partial charge in [0.1, 0.15) is 17.7 Å². The molecule has 2 aromatic carbocycles. The van der Waals surface area contributed by atoms with Gasteiger partial charge in [0.15, 0.2) is 9.84 Å². The molecule has 3 heterocycles. The molecule has 0 unspecified atom stereocenters. The molecule has 4 aromatic rings. The van der Waals surface area contributed by atoms with E-state index in [1.165, 1.54) is 18.4 Å². The van der Waals surface area contributed by atoms with Crippen LogP contribution in [0.25, 0.3) is 16.7 Å². The van der Waals surface area contributed by atoms with Crippen LogP contribution in [0, 0.1) is 0 Å². The van der Waals surface area contributed by atoms with E-state index in [0.717, 1.165) is 28.6 Å². The van der Waals surface area contributed by atoms with E-state index in [9.17, 15) is 21.6 Å². The van der Waals surface area contributed by atoms with Crippen molar-refractivity contribution in [1.29, 1.82) is 0 Å². The van der Waals surface area contributed by atoms with E-state index in [4.69, 9.17) is 4.74 Å². The van der Waals surface area contributed by atoms with Crippen LogP contribution in [0.2, 0.25) is 0 Å².